The maximum absolute atomic E-state index is 12.1. The minimum absolute atomic E-state index is 0.320. The Morgan fingerprint density at radius 3 is 2.43 bits per heavy atom. The average Bonchev–Trinajstić information content (AvgIpc) is 2.97. The number of carbonyl (C=O) groups excluding carboxylic acids is 1. The summed E-state index contributed by atoms with van der Waals surface area (Å²) in [5, 5.41) is 2.21. The molecular formula is C20H13NO2. The molecule has 1 aliphatic heterocycles. The first-order valence-corrected chi connectivity index (χ1v) is 7.37. The summed E-state index contributed by atoms with van der Waals surface area (Å²) < 4.78 is 5.29. The number of benzene rings is 3. The molecule has 4 rings (SSSR count). The fourth-order valence-electron chi connectivity index (χ4n) is 2.64. The quantitative estimate of drug-likeness (QED) is 0.526. The van der Waals surface area contributed by atoms with Gasteiger partial charge in [0.05, 0.1) is 0 Å². The molecule has 0 fully saturated rings. The van der Waals surface area contributed by atoms with Crippen molar-refractivity contribution in [1.29, 1.82) is 0 Å². The van der Waals surface area contributed by atoms with E-state index < -0.39 is 5.97 Å². The molecule has 3 heteroatoms. The Morgan fingerprint density at radius 2 is 1.57 bits per heavy atom. The first-order valence-electron chi connectivity index (χ1n) is 7.37. The van der Waals surface area contributed by atoms with Crippen LogP contribution in [-0.4, -0.2) is 11.9 Å². The van der Waals surface area contributed by atoms with Crippen LogP contribution in [0.5, 0.6) is 0 Å². The predicted octanol–water partition coefficient (Wildman–Crippen LogP) is 4.18. The second-order valence-electron chi connectivity index (χ2n) is 5.27. The van der Waals surface area contributed by atoms with Gasteiger partial charge in [0.1, 0.15) is 0 Å². The number of ether oxygens (including phenoxy) is 1. The highest BCUT2D eigenvalue weighted by molar-refractivity contribution is 6.13. The summed E-state index contributed by atoms with van der Waals surface area (Å²) in [7, 11) is 0. The van der Waals surface area contributed by atoms with Crippen LogP contribution in [0.4, 0.5) is 0 Å². The summed E-state index contributed by atoms with van der Waals surface area (Å²) in [5.41, 5.74) is 2.07. The normalized spacial score (nSPS) is 15.7. The molecule has 0 spiro atoms. The molecule has 1 aliphatic rings. The molecule has 0 radical (unpaired) electrons. The van der Waals surface area contributed by atoms with Gasteiger partial charge in [-0.1, -0.05) is 60.7 Å². The third-order valence-corrected chi connectivity index (χ3v) is 3.76. The lowest BCUT2D eigenvalue weighted by Crippen LogP contribution is -2.04. The van der Waals surface area contributed by atoms with Crippen LogP contribution in [-0.2, 0) is 9.53 Å². The van der Waals surface area contributed by atoms with Gasteiger partial charge < -0.3 is 4.74 Å². The Morgan fingerprint density at radius 1 is 0.826 bits per heavy atom. The molecule has 3 aromatic carbocycles. The number of nitrogens with zero attached hydrogens (tertiary/aromatic N) is 1. The van der Waals surface area contributed by atoms with E-state index in [0.29, 0.717) is 11.6 Å². The summed E-state index contributed by atoms with van der Waals surface area (Å²) in [6.07, 6.45) is 1.78. The number of fused-ring (bicyclic) bond motifs is 1. The fraction of sp³-hybridized carbons (Fsp3) is 0. The molecule has 0 amide bonds. The van der Waals surface area contributed by atoms with Gasteiger partial charge >= 0.3 is 5.97 Å². The highest BCUT2D eigenvalue weighted by atomic mass is 16.6. The van der Waals surface area contributed by atoms with E-state index in [4.69, 9.17) is 4.74 Å². The number of cyclic esters (lactones) is 1. The smallest absolute Gasteiger partial charge is 0.363 e. The summed E-state index contributed by atoms with van der Waals surface area (Å²) >= 11 is 0. The molecule has 0 unspecified atom stereocenters. The summed E-state index contributed by atoms with van der Waals surface area (Å²) in [6, 6.07) is 23.5. The summed E-state index contributed by atoms with van der Waals surface area (Å²) in [4.78, 5) is 16.4. The maximum atomic E-state index is 12.1. The topological polar surface area (TPSA) is 38.7 Å². The molecule has 0 aromatic heterocycles. The average molecular weight is 299 g/mol. The van der Waals surface area contributed by atoms with Crippen molar-refractivity contribution in [1.82, 2.24) is 0 Å². The molecule has 110 valence electrons. The summed E-state index contributed by atoms with van der Waals surface area (Å²) in [6.45, 7) is 0. The maximum Gasteiger partial charge on any atom is 0.363 e. The van der Waals surface area contributed by atoms with Crippen molar-refractivity contribution in [3.63, 3.8) is 0 Å². The minimum atomic E-state index is -0.420. The van der Waals surface area contributed by atoms with Crippen LogP contribution in [0.1, 0.15) is 11.1 Å². The monoisotopic (exact) mass is 299 g/mol. The van der Waals surface area contributed by atoms with Crippen molar-refractivity contribution in [2.45, 2.75) is 0 Å². The minimum Gasteiger partial charge on any atom is -0.402 e. The second kappa shape index (κ2) is 5.54. The Hall–Kier alpha value is -3.20. The van der Waals surface area contributed by atoms with Gasteiger partial charge in [-0.25, -0.2) is 9.79 Å². The zero-order chi connectivity index (χ0) is 15.6. The lowest BCUT2D eigenvalue weighted by molar-refractivity contribution is -0.129. The fourth-order valence-corrected chi connectivity index (χ4v) is 2.64. The Labute approximate surface area is 133 Å². The molecular weight excluding hydrogens is 286 g/mol. The van der Waals surface area contributed by atoms with Crippen molar-refractivity contribution in [2.75, 3.05) is 0 Å². The van der Waals surface area contributed by atoms with Gasteiger partial charge in [0.15, 0.2) is 5.70 Å². The van der Waals surface area contributed by atoms with E-state index in [-0.39, 0.29) is 0 Å². The van der Waals surface area contributed by atoms with Gasteiger partial charge in [0.25, 0.3) is 0 Å². The van der Waals surface area contributed by atoms with Crippen LogP contribution >= 0.6 is 0 Å². The van der Waals surface area contributed by atoms with E-state index in [1.165, 1.54) is 0 Å². The first kappa shape index (κ1) is 13.5. The molecule has 0 aliphatic carbocycles. The highest BCUT2D eigenvalue weighted by Gasteiger charge is 2.24. The van der Waals surface area contributed by atoms with Crippen LogP contribution in [0, 0.1) is 0 Å². The SMILES string of the molecule is O=C1OC(c2ccccc2)=N/C1=C/c1cccc2ccccc12. The number of rotatable bonds is 2. The van der Waals surface area contributed by atoms with E-state index in [2.05, 4.69) is 4.99 Å². The van der Waals surface area contributed by atoms with Crippen molar-refractivity contribution >= 4 is 28.7 Å². The van der Waals surface area contributed by atoms with E-state index in [1.807, 2.05) is 72.8 Å². The Kier molecular flexibility index (Phi) is 3.24. The van der Waals surface area contributed by atoms with Gasteiger partial charge in [-0.2, -0.15) is 0 Å². The predicted molar refractivity (Wildman–Crippen MR) is 91.0 cm³/mol. The van der Waals surface area contributed by atoms with E-state index in [9.17, 15) is 4.79 Å². The first-order chi connectivity index (χ1) is 11.3. The molecule has 0 bridgehead atoms. The van der Waals surface area contributed by atoms with Crippen molar-refractivity contribution in [3.05, 3.63) is 89.6 Å². The van der Waals surface area contributed by atoms with Crippen LogP contribution in [0.25, 0.3) is 16.8 Å². The van der Waals surface area contributed by atoms with Crippen LogP contribution in [0.15, 0.2) is 83.5 Å². The largest absolute Gasteiger partial charge is 0.402 e. The number of hydrogen-bond acceptors (Lipinski definition) is 3. The lowest BCUT2D eigenvalue weighted by atomic mass is 10.0. The van der Waals surface area contributed by atoms with Crippen LogP contribution in [0.3, 0.4) is 0 Å². The highest BCUT2D eigenvalue weighted by Crippen LogP contribution is 2.24. The van der Waals surface area contributed by atoms with Crippen LogP contribution < -0.4 is 0 Å². The summed E-state index contributed by atoms with van der Waals surface area (Å²) in [5.74, 6) is -0.0705. The number of carbonyl (C=O) groups is 1. The van der Waals surface area contributed by atoms with E-state index in [1.54, 1.807) is 6.08 Å². The third-order valence-electron chi connectivity index (χ3n) is 3.76. The molecule has 0 saturated carbocycles. The Balaban J connectivity index is 1.79. The molecule has 0 saturated heterocycles. The van der Waals surface area contributed by atoms with E-state index in [0.717, 1.165) is 21.9 Å². The third kappa shape index (κ3) is 2.53. The number of aliphatic imine (C=N–C) groups is 1. The van der Waals surface area contributed by atoms with Crippen molar-refractivity contribution in [2.24, 2.45) is 4.99 Å². The second-order valence-corrected chi connectivity index (χ2v) is 5.27. The molecule has 3 nitrogen and oxygen atoms in total. The molecule has 3 aromatic rings. The Bertz CT molecular complexity index is 950. The van der Waals surface area contributed by atoms with Gasteiger partial charge in [0, 0.05) is 5.56 Å². The lowest BCUT2D eigenvalue weighted by Gasteiger charge is -2.01. The van der Waals surface area contributed by atoms with Gasteiger partial charge in [-0.3, -0.25) is 0 Å². The number of hydrogen-bond donors (Lipinski definition) is 0. The zero-order valence-electron chi connectivity index (χ0n) is 12.3. The van der Waals surface area contributed by atoms with Crippen molar-refractivity contribution in [3.8, 4) is 0 Å². The number of esters is 1. The van der Waals surface area contributed by atoms with Crippen molar-refractivity contribution < 1.29 is 9.53 Å². The van der Waals surface area contributed by atoms with Gasteiger partial charge in [0.2, 0.25) is 5.90 Å². The standard InChI is InChI=1S/C20H13NO2/c22-20-18(21-19(23-20)15-8-2-1-3-9-15)13-16-11-6-10-14-7-4-5-12-17(14)16/h1-13H/b18-13+. The van der Waals surface area contributed by atoms with E-state index >= 15 is 0 Å². The van der Waals surface area contributed by atoms with Gasteiger partial charge in [-0.05, 0) is 34.5 Å². The molecule has 0 N–H and O–H groups in total. The zero-order valence-corrected chi connectivity index (χ0v) is 12.3. The molecule has 0 atom stereocenters. The van der Waals surface area contributed by atoms with Gasteiger partial charge in [-0.15, -0.1) is 0 Å². The molecule has 1 heterocycles. The van der Waals surface area contributed by atoms with Crippen LogP contribution in [0.2, 0.25) is 0 Å². The molecule has 23 heavy (non-hydrogen) atoms.